The van der Waals surface area contributed by atoms with Crippen LogP contribution in [0.3, 0.4) is 0 Å². The molecule has 1 aromatic carbocycles. The fraction of sp³-hybridized carbons (Fsp3) is 0.550. The van der Waals surface area contributed by atoms with E-state index in [2.05, 4.69) is 15.5 Å². The average Bonchev–Trinajstić information content (AvgIpc) is 3.25. The predicted octanol–water partition coefficient (Wildman–Crippen LogP) is 1.46. The quantitative estimate of drug-likeness (QED) is 0.799. The number of carbonyl (C=O) groups excluding carboxylic acids is 2. The summed E-state index contributed by atoms with van der Waals surface area (Å²) in [4.78, 5) is 28.9. The number of rotatable bonds is 4. The van der Waals surface area contributed by atoms with Crippen LogP contribution in [0, 0.1) is 5.41 Å². The number of benzene rings is 1. The summed E-state index contributed by atoms with van der Waals surface area (Å²) in [5.74, 6) is 0.411. The Bertz CT molecular complexity index is 835. The zero-order valence-corrected chi connectivity index (χ0v) is 16.3. The van der Waals surface area contributed by atoms with Gasteiger partial charge in [0, 0.05) is 38.0 Å². The lowest BCUT2D eigenvalue weighted by Gasteiger charge is -2.48. The van der Waals surface area contributed by atoms with Gasteiger partial charge in [0.15, 0.2) is 0 Å². The molecule has 2 amide bonds. The van der Waals surface area contributed by atoms with Crippen molar-refractivity contribution in [1.29, 1.82) is 0 Å². The first kappa shape index (κ1) is 18.6. The minimum absolute atomic E-state index is 0.0712. The Kier molecular flexibility index (Phi) is 5.11. The van der Waals surface area contributed by atoms with E-state index < -0.39 is 0 Å². The molecule has 8 heteroatoms. The third-order valence-corrected chi connectivity index (χ3v) is 6.05. The highest BCUT2D eigenvalue weighted by Gasteiger charge is 2.42. The van der Waals surface area contributed by atoms with Gasteiger partial charge in [0.25, 0.3) is 0 Å². The fourth-order valence-corrected chi connectivity index (χ4v) is 4.48. The van der Waals surface area contributed by atoms with Crippen LogP contribution in [0.25, 0.3) is 5.69 Å². The van der Waals surface area contributed by atoms with Crippen LogP contribution in [0.2, 0.25) is 0 Å². The highest BCUT2D eigenvalue weighted by molar-refractivity contribution is 5.79. The van der Waals surface area contributed by atoms with E-state index in [1.165, 1.54) is 0 Å². The Morgan fingerprint density at radius 1 is 1.18 bits per heavy atom. The molecule has 2 fully saturated rings. The SMILES string of the molecule is CCN1CC2(CCCN(C(=O)Cc3ccc(-n4cnnn4)cc3)C2)CCC1=O. The molecule has 0 saturated carbocycles. The summed E-state index contributed by atoms with van der Waals surface area (Å²) in [5.41, 5.74) is 1.92. The maximum absolute atomic E-state index is 12.9. The highest BCUT2D eigenvalue weighted by Crippen LogP contribution is 2.38. The molecule has 2 aliphatic rings. The van der Waals surface area contributed by atoms with Crippen molar-refractivity contribution in [3.8, 4) is 5.69 Å². The van der Waals surface area contributed by atoms with Crippen LogP contribution >= 0.6 is 0 Å². The van der Waals surface area contributed by atoms with E-state index in [0.29, 0.717) is 12.8 Å². The molecule has 3 heterocycles. The van der Waals surface area contributed by atoms with E-state index in [4.69, 9.17) is 0 Å². The Morgan fingerprint density at radius 2 is 2.00 bits per heavy atom. The lowest BCUT2D eigenvalue weighted by atomic mass is 9.73. The molecule has 8 nitrogen and oxygen atoms in total. The maximum Gasteiger partial charge on any atom is 0.227 e. The molecule has 0 N–H and O–H groups in total. The summed E-state index contributed by atoms with van der Waals surface area (Å²) >= 11 is 0. The van der Waals surface area contributed by atoms with Crippen molar-refractivity contribution in [3.63, 3.8) is 0 Å². The number of likely N-dealkylation sites (tertiary alicyclic amines) is 2. The van der Waals surface area contributed by atoms with Gasteiger partial charge < -0.3 is 9.80 Å². The molecule has 2 aliphatic heterocycles. The number of tetrazole rings is 1. The Labute approximate surface area is 164 Å². The Morgan fingerprint density at radius 3 is 2.71 bits per heavy atom. The van der Waals surface area contributed by atoms with Gasteiger partial charge >= 0.3 is 0 Å². The lowest BCUT2D eigenvalue weighted by molar-refractivity contribution is -0.142. The molecule has 1 aromatic heterocycles. The first-order chi connectivity index (χ1) is 13.6. The van der Waals surface area contributed by atoms with E-state index in [9.17, 15) is 9.59 Å². The van der Waals surface area contributed by atoms with Crippen LogP contribution in [0.1, 0.15) is 38.2 Å². The number of carbonyl (C=O) groups is 2. The molecule has 4 rings (SSSR count). The molecular weight excluding hydrogens is 356 g/mol. The van der Waals surface area contributed by atoms with Crippen LogP contribution in [-0.2, 0) is 16.0 Å². The molecule has 28 heavy (non-hydrogen) atoms. The van der Waals surface area contributed by atoms with Crippen LogP contribution < -0.4 is 0 Å². The molecule has 1 spiro atoms. The Hall–Kier alpha value is -2.77. The average molecular weight is 382 g/mol. The summed E-state index contributed by atoms with van der Waals surface area (Å²) in [5, 5.41) is 11.1. The van der Waals surface area contributed by atoms with Crippen molar-refractivity contribution in [1.82, 2.24) is 30.0 Å². The van der Waals surface area contributed by atoms with Gasteiger partial charge in [-0.1, -0.05) is 12.1 Å². The first-order valence-electron chi connectivity index (χ1n) is 9.96. The van der Waals surface area contributed by atoms with Gasteiger partial charge in [-0.05, 0) is 54.3 Å². The molecule has 148 valence electrons. The van der Waals surface area contributed by atoms with Crippen molar-refractivity contribution < 1.29 is 9.59 Å². The molecule has 1 atom stereocenters. The topological polar surface area (TPSA) is 84.2 Å². The number of hydrogen-bond acceptors (Lipinski definition) is 5. The standard InChI is InChI=1S/C20H26N6O2/c1-2-24-13-20(10-8-18(24)27)9-3-11-25(14-20)19(28)12-16-4-6-17(7-5-16)26-15-21-22-23-26/h4-7,15H,2-3,8-14H2,1H3. The summed E-state index contributed by atoms with van der Waals surface area (Å²) in [7, 11) is 0. The number of amides is 2. The Balaban J connectivity index is 1.40. The van der Waals surface area contributed by atoms with Crippen molar-refractivity contribution in [2.45, 2.75) is 39.0 Å². The second kappa shape index (κ2) is 7.69. The number of nitrogens with zero attached hydrogens (tertiary/aromatic N) is 6. The van der Waals surface area contributed by atoms with Crippen LogP contribution in [0.15, 0.2) is 30.6 Å². The van der Waals surface area contributed by atoms with Crippen molar-refractivity contribution in [2.24, 2.45) is 5.41 Å². The van der Waals surface area contributed by atoms with E-state index in [1.807, 2.05) is 41.0 Å². The van der Waals surface area contributed by atoms with Gasteiger partial charge in [-0.25, -0.2) is 4.68 Å². The second-order valence-electron chi connectivity index (χ2n) is 7.92. The molecule has 0 radical (unpaired) electrons. The largest absolute Gasteiger partial charge is 0.342 e. The zero-order valence-electron chi connectivity index (χ0n) is 16.3. The van der Waals surface area contributed by atoms with Crippen LogP contribution in [0.4, 0.5) is 0 Å². The fourth-order valence-electron chi connectivity index (χ4n) is 4.48. The van der Waals surface area contributed by atoms with Crippen LogP contribution in [-0.4, -0.2) is 68.0 Å². The normalized spacial score (nSPS) is 22.7. The van der Waals surface area contributed by atoms with Gasteiger partial charge in [-0.3, -0.25) is 9.59 Å². The van der Waals surface area contributed by atoms with Crippen molar-refractivity contribution in [2.75, 3.05) is 26.2 Å². The van der Waals surface area contributed by atoms with Gasteiger partial charge in [0.05, 0.1) is 12.1 Å². The zero-order chi connectivity index (χ0) is 19.6. The number of hydrogen-bond donors (Lipinski definition) is 0. The minimum Gasteiger partial charge on any atom is -0.342 e. The van der Waals surface area contributed by atoms with E-state index >= 15 is 0 Å². The maximum atomic E-state index is 12.9. The lowest BCUT2D eigenvalue weighted by Crippen LogP contribution is -2.55. The second-order valence-corrected chi connectivity index (χ2v) is 7.92. The first-order valence-corrected chi connectivity index (χ1v) is 9.96. The summed E-state index contributed by atoms with van der Waals surface area (Å²) in [6.07, 6.45) is 5.54. The van der Waals surface area contributed by atoms with Gasteiger partial charge in [0.2, 0.25) is 11.8 Å². The monoisotopic (exact) mass is 382 g/mol. The molecular formula is C20H26N6O2. The summed E-state index contributed by atoms with van der Waals surface area (Å²) < 4.78 is 1.59. The molecule has 2 aromatic rings. The van der Waals surface area contributed by atoms with Crippen molar-refractivity contribution >= 4 is 11.8 Å². The minimum atomic E-state index is 0.0712. The van der Waals surface area contributed by atoms with Gasteiger partial charge in [-0.15, -0.1) is 5.10 Å². The molecule has 0 aliphatic carbocycles. The molecule has 1 unspecified atom stereocenters. The number of aromatic nitrogens is 4. The molecule has 2 saturated heterocycles. The van der Waals surface area contributed by atoms with E-state index in [0.717, 1.165) is 56.7 Å². The predicted molar refractivity (Wildman–Crippen MR) is 103 cm³/mol. The van der Waals surface area contributed by atoms with Crippen LogP contribution in [0.5, 0.6) is 0 Å². The molecule has 0 bridgehead atoms. The van der Waals surface area contributed by atoms with E-state index in [1.54, 1.807) is 11.0 Å². The van der Waals surface area contributed by atoms with Gasteiger partial charge in [0.1, 0.15) is 6.33 Å². The third kappa shape index (κ3) is 3.76. The third-order valence-electron chi connectivity index (χ3n) is 6.05. The van der Waals surface area contributed by atoms with Crippen molar-refractivity contribution in [3.05, 3.63) is 36.2 Å². The summed E-state index contributed by atoms with van der Waals surface area (Å²) in [6, 6.07) is 7.74. The summed E-state index contributed by atoms with van der Waals surface area (Å²) in [6.45, 7) is 5.14. The smallest absolute Gasteiger partial charge is 0.227 e. The van der Waals surface area contributed by atoms with E-state index in [-0.39, 0.29) is 17.2 Å². The van der Waals surface area contributed by atoms with Gasteiger partial charge in [-0.2, -0.15) is 0 Å². The highest BCUT2D eigenvalue weighted by atomic mass is 16.2. The number of piperidine rings is 2.